The van der Waals surface area contributed by atoms with Gasteiger partial charge in [-0.15, -0.1) is 0 Å². The smallest absolute Gasteiger partial charge is 0.326 e. The summed E-state index contributed by atoms with van der Waals surface area (Å²) < 4.78 is 17.9. The van der Waals surface area contributed by atoms with E-state index >= 15 is 0 Å². The molecule has 28 heavy (non-hydrogen) atoms. The van der Waals surface area contributed by atoms with Gasteiger partial charge in [0.15, 0.2) is 6.61 Å². The van der Waals surface area contributed by atoms with Crippen molar-refractivity contribution in [3.63, 3.8) is 0 Å². The molecular weight excluding hydrogens is 369 g/mol. The SMILES string of the molecule is C[C@@H]1CCCC[C@]12NC(=O)N(CC(=O)OCC(=O)Nc1cccc(F)c1)C2=O. The molecule has 2 fully saturated rings. The third kappa shape index (κ3) is 3.97. The van der Waals surface area contributed by atoms with Gasteiger partial charge in [-0.05, 0) is 37.0 Å². The average molecular weight is 391 g/mol. The maximum absolute atomic E-state index is 13.1. The van der Waals surface area contributed by atoms with E-state index < -0.39 is 48.3 Å². The number of ether oxygens (including phenoxy) is 1. The summed E-state index contributed by atoms with van der Waals surface area (Å²) >= 11 is 0. The second kappa shape index (κ2) is 7.95. The zero-order chi connectivity index (χ0) is 20.3. The van der Waals surface area contributed by atoms with Gasteiger partial charge in [-0.3, -0.25) is 19.3 Å². The predicted molar refractivity (Wildman–Crippen MR) is 96.6 cm³/mol. The molecule has 2 aliphatic rings. The fraction of sp³-hybridized carbons (Fsp3) is 0.474. The van der Waals surface area contributed by atoms with Crippen LogP contribution in [0.2, 0.25) is 0 Å². The summed E-state index contributed by atoms with van der Waals surface area (Å²) in [6, 6.07) is 4.64. The Labute approximate surface area is 161 Å². The van der Waals surface area contributed by atoms with Gasteiger partial charge in [0, 0.05) is 5.69 Å². The lowest BCUT2D eigenvalue weighted by molar-refractivity contribution is -0.150. The zero-order valence-electron chi connectivity index (χ0n) is 15.5. The number of carbonyl (C=O) groups excluding carboxylic acids is 4. The van der Waals surface area contributed by atoms with Crippen LogP contribution >= 0.6 is 0 Å². The summed E-state index contributed by atoms with van der Waals surface area (Å²) in [7, 11) is 0. The number of hydrogen-bond acceptors (Lipinski definition) is 5. The lowest BCUT2D eigenvalue weighted by Crippen LogP contribution is -2.54. The minimum atomic E-state index is -0.954. The van der Waals surface area contributed by atoms with Gasteiger partial charge in [-0.2, -0.15) is 0 Å². The first-order valence-electron chi connectivity index (χ1n) is 9.17. The molecule has 3 rings (SSSR count). The summed E-state index contributed by atoms with van der Waals surface area (Å²) in [5, 5.41) is 5.13. The van der Waals surface area contributed by atoms with Crippen LogP contribution in [0.15, 0.2) is 24.3 Å². The van der Waals surface area contributed by atoms with Gasteiger partial charge in [-0.25, -0.2) is 9.18 Å². The molecule has 0 bridgehead atoms. The van der Waals surface area contributed by atoms with Crippen LogP contribution in [0.25, 0.3) is 0 Å². The number of rotatable bonds is 5. The first-order valence-corrected chi connectivity index (χ1v) is 9.17. The van der Waals surface area contributed by atoms with E-state index in [-0.39, 0.29) is 11.6 Å². The van der Waals surface area contributed by atoms with Crippen molar-refractivity contribution in [2.24, 2.45) is 5.92 Å². The van der Waals surface area contributed by atoms with Crippen LogP contribution in [0.1, 0.15) is 32.6 Å². The van der Waals surface area contributed by atoms with Gasteiger partial charge in [0.05, 0.1) is 0 Å². The Morgan fingerprint density at radius 2 is 2.14 bits per heavy atom. The number of benzene rings is 1. The number of anilines is 1. The lowest BCUT2D eigenvalue weighted by Gasteiger charge is -2.36. The van der Waals surface area contributed by atoms with Crippen molar-refractivity contribution in [1.82, 2.24) is 10.2 Å². The first-order chi connectivity index (χ1) is 13.3. The van der Waals surface area contributed by atoms with Crippen molar-refractivity contribution < 1.29 is 28.3 Å². The van der Waals surface area contributed by atoms with Crippen LogP contribution in [0, 0.1) is 11.7 Å². The van der Waals surface area contributed by atoms with E-state index in [0.29, 0.717) is 6.42 Å². The van der Waals surface area contributed by atoms with E-state index in [1.807, 2.05) is 6.92 Å². The summed E-state index contributed by atoms with van der Waals surface area (Å²) in [5.41, 5.74) is -0.729. The van der Waals surface area contributed by atoms with Crippen molar-refractivity contribution in [3.05, 3.63) is 30.1 Å². The Hall–Kier alpha value is -2.97. The van der Waals surface area contributed by atoms with Gasteiger partial charge in [0.25, 0.3) is 11.8 Å². The fourth-order valence-electron chi connectivity index (χ4n) is 3.72. The number of esters is 1. The van der Waals surface area contributed by atoms with Gasteiger partial charge in [0.2, 0.25) is 0 Å². The second-order valence-corrected chi connectivity index (χ2v) is 7.16. The molecule has 1 aliphatic carbocycles. The van der Waals surface area contributed by atoms with Crippen LogP contribution in [0.3, 0.4) is 0 Å². The number of hydrogen-bond donors (Lipinski definition) is 2. The summed E-state index contributed by atoms with van der Waals surface area (Å²) in [4.78, 5) is 49.7. The largest absolute Gasteiger partial charge is 0.454 e. The first kappa shape index (κ1) is 19.8. The average Bonchev–Trinajstić information content (AvgIpc) is 2.88. The molecule has 1 saturated heterocycles. The van der Waals surface area contributed by atoms with Crippen LogP contribution < -0.4 is 10.6 Å². The molecular formula is C19H22FN3O5. The van der Waals surface area contributed by atoms with Crippen molar-refractivity contribution in [3.8, 4) is 0 Å². The van der Waals surface area contributed by atoms with Crippen LogP contribution in [0.4, 0.5) is 14.9 Å². The highest BCUT2D eigenvalue weighted by Gasteiger charge is 2.55. The van der Waals surface area contributed by atoms with Gasteiger partial charge >= 0.3 is 12.0 Å². The lowest BCUT2D eigenvalue weighted by atomic mass is 9.73. The summed E-state index contributed by atoms with van der Waals surface area (Å²) in [6.45, 7) is 0.739. The van der Waals surface area contributed by atoms with Crippen LogP contribution in [-0.2, 0) is 19.1 Å². The zero-order valence-corrected chi connectivity index (χ0v) is 15.5. The van der Waals surface area contributed by atoms with Gasteiger partial charge in [0.1, 0.15) is 17.9 Å². The summed E-state index contributed by atoms with van der Waals surface area (Å²) in [6.07, 6.45) is 3.19. The maximum atomic E-state index is 13.1. The highest BCUT2D eigenvalue weighted by Crippen LogP contribution is 2.38. The molecule has 1 aliphatic heterocycles. The van der Waals surface area contributed by atoms with Crippen molar-refractivity contribution in [2.75, 3.05) is 18.5 Å². The number of imide groups is 1. The Balaban J connectivity index is 1.52. The van der Waals surface area contributed by atoms with E-state index in [9.17, 15) is 23.6 Å². The van der Waals surface area contributed by atoms with Crippen LogP contribution in [-0.4, -0.2) is 47.4 Å². The Morgan fingerprint density at radius 3 is 2.86 bits per heavy atom. The van der Waals surface area contributed by atoms with E-state index in [1.165, 1.54) is 18.2 Å². The van der Waals surface area contributed by atoms with E-state index in [2.05, 4.69) is 10.6 Å². The molecule has 4 amide bonds. The Bertz CT molecular complexity index is 815. The molecule has 2 N–H and O–H groups in total. The topological polar surface area (TPSA) is 105 Å². The molecule has 9 heteroatoms. The molecule has 1 saturated carbocycles. The van der Waals surface area contributed by atoms with Crippen molar-refractivity contribution in [1.29, 1.82) is 0 Å². The quantitative estimate of drug-likeness (QED) is 0.588. The van der Waals surface area contributed by atoms with Crippen molar-refractivity contribution >= 4 is 29.5 Å². The van der Waals surface area contributed by atoms with Gasteiger partial charge in [-0.1, -0.05) is 25.8 Å². The highest BCUT2D eigenvalue weighted by atomic mass is 19.1. The summed E-state index contributed by atoms with van der Waals surface area (Å²) in [5.74, 6) is -2.49. The number of nitrogens with zero attached hydrogens (tertiary/aromatic N) is 1. The minimum Gasteiger partial charge on any atom is -0.454 e. The molecule has 1 spiro atoms. The maximum Gasteiger partial charge on any atom is 0.326 e. The molecule has 0 radical (unpaired) electrons. The number of nitrogens with one attached hydrogen (secondary N) is 2. The van der Waals surface area contributed by atoms with E-state index in [0.717, 1.165) is 30.2 Å². The minimum absolute atomic E-state index is 0.0178. The molecule has 1 heterocycles. The van der Waals surface area contributed by atoms with Crippen LogP contribution in [0.5, 0.6) is 0 Å². The normalized spacial score (nSPS) is 24.2. The van der Waals surface area contributed by atoms with Crippen molar-refractivity contribution in [2.45, 2.75) is 38.1 Å². The van der Waals surface area contributed by atoms with E-state index in [1.54, 1.807) is 0 Å². The second-order valence-electron chi connectivity index (χ2n) is 7.16. The standard InChI is InChI=1S/C19H22FN3O5/c1-12-5-2-3-8-19(12)17(26)23(18(27)22-19)10-16(25)28-11-15(24)21-14-7-4-6-13(20)9-14/h4,6-7,9,12H,2-3,5,8,10-11H2,1H3,(H,21,24)(H,22,27)/t12-,19+/m1/s1. The predicted octanol–water partition coefficient (Wildman–Crippen LogP) is 1.81. The molecule has 1 aromatic rings. The molecule has 8 nitrogen and oxygen atoms in total. The third-order valence-electron chi connectivity index (χ3n) is 5.26. The number of halogens is 1. The fourth-order valence-corrected chi connectivity index (χ4v) is 3.72. The Kier molecular flexibility index (Phi) is 5.62. The van der Waals surface area contributed by atoms with E-state index in [4.69, 9.17) is 4.74 Å². The highest BCUT2D eigenvalue weighted by molar-refractivity contribution is 6.09. The molecule has 0 unspecified atom stereocenters. The number of carbonyl (C=O) groups is 4. The molecule has 2 atom stereocenters. The number of amides is 4. The Morgan fingerprint density at radius 1 is 1.36 bits per heavy atom. The third-order valence-corrected chi connectivity index (χ3v) is 5.26. The monoisotopic (exact) mass is 391 g/mol. The number of urea groups is 1. The molecule has 0 aromatic heterocycles. The molecule has 1 aromatic carbocycles. The molecule has 150 valence electrons. The van der Waals surface area contributed by atoms with Gasteiger partial charge < -0.3 is 15.4 Å².